The molecule has 1 aliphatic carbocycles. The van der Waals surface area contributed by atoms with Gasteiger partial charge in [0.25, 0.3) is 0 Å². The Morgan fingerprint density at radius 3 is 2.10 bits per heavy atom. The second kappa shape index (κ2) is 8.64. The summed E-state index contributed by atoms with van der Waals surface area (Å²) in [5.74, 6) is -0.648. The zero-order valence-electron chi connectivity index (χ0n) is 16.4. The van der Waals surface area contributed by atoms with Gasteiger partial charge < -0.3 is 24.8 Å². The summed E-state index contributed by atoms with van der Waals surface area (Å²) in [4.78, 5) is 36.3. The van der Waals surface area contributed by atoms with Crippen molar-refractivity contribution in [2.45, 2.75) is 6.42 Å². The van der Waals surface area contributed by atoms with Crippen LogP contribution in [0.5, 0.6) is 11.5 Å². The number of ether oxygens (including phenoxy) is 3. The zero-order chi connectivity index (χ0) is 21.0. The largest absolute Gasteiger partial charge is 0.497 e. The van der Waals surface area contributed by atoms with Gasteiger partial charge in [0.05, 0.1) is 44.4 Å². The molecule has 2 aromatic carbocycles. The lowest BCUT2D eigenvalue weighted by atomic mass is 10.2. The summed E-state index contributed by atoms with van der Waals surface area (Å²) in [7, 11) is 4.35. The molecule has 2 atom stereocenters. The fourth-order valence-corrected chi connectivity index (χ4v) is 2.94. The second-order valence-electron chi connectivity index (χ2n) is 6.56. The van der Waals surface area contributed by atoms with E-state index in [0.29, 0.717) is 34.9 Å². The summed E-state index contributed by atoms with van der Waals surface area (Å²) < 4.78 is 15.0. The number of methoxy groups -OCH3 is 3. The molecule has 152 valence electrons. The first-order chi connectivity index (χ1) is 14.0. The third kappa shape index (κ3) is 4.66. The summed E-state index contributed by atoms with van der Waals surface area (Å²) >= 11 is 0. The van der Waals surface area contributed by atoms with E-state index in [1.54, 1.807) is 49.6 Å². The first-order valence-electron chi connectivity index (χ1n) is 8.99. The Morgan fingerprint density at radius 2 is 1.52 bits per heavy atom. The van der Waals surface area contributed by atoms with E-state index in [1.165, 1.54) is 14.2 Å². The van der Waals surface area contributed by atoms with E-state index in [0.717, 1.165) is 0 Å². The number of amides is 2. The summed E-state index contributed by atoms with van der Waals surface area (Å²) in [6.45, 7) is 0. The lowest BCUT2D eigenvalue weighted by Gasteiger charge is -2.11. The van der Waals surface area contributed by atoms with Crippen molar-refractivity contribution in [3.63, 3.8) is 0 Å². The van der Waals surface area contributed by atoms with E-state index >= 15 is 0 Å². The molecule has 0 radical (unpaired) electrons. The normalized spacial score (nSPS) is 17.1. The Morgan fingerprint density at radius 1 is 0.862 bits per heavy atom. The maximum absolute atomic E-state index is 12.5. The van der Waals surface area contributed by atoms with Gasteiger partial charge in [-0.1, -0.05) is 0 Å². The minimum absolute atomic E-state index is 0.238. The average molecular weight is 398 g/mol. The number of benzene rings is 2. The van der Waals surface area contributed by atoms with Gasteiger partial charge >= 0.3 is 5.97 Å². The molecule has 1 fully saturated rings. The summed E-state index contributed by atoms with van der Waals surface area (Å²) in [6.07, 6.45) is 0.469. The number of esters is 1. The molecule has 2 aromatic rings. The minimum Gasteiger partial charge on any atom is -0.497 e. The number of rotatable bonds is 7. The fourth-order valence-electron chi connectivity index (χ4n) is 2.94. The third-order valence-corrected chi connectivity index (χ3v) is 4.70. The van der Waals surface area contributed by atoms with Gasteiger partial charge in [0.2, 0.25) is 11.8 Å². The molecule has 0 bridgehead atoms. The van der Waals surface area contributed by atoms with Crippen LogP contribution in [0.2, 0.25) is 0 Å². The van der Waals surface area contributed by atoms with Crippen LogP contribution in [0.3, 0.4) is 0 Å². The number of hydrogen-bond acceptors (Lipinski definition) is 6. The Hall–Kier alpha value is -3.55. The van der Waals surface area contributed by atoms with Gasteiger partial charge in [-0.25, -0.2) is 4.79 Å². The highest BCUT2D eigenvalue weighted by molar-refractivity contribution is 6.04. The molecule has 0 aliphatic heterocycles. The Labute approximate surface area is 168 Å². The van der Waals surface area contributed by atoms with Crippen molar-refractivity contribution < 1.29 is 28.6 Å². The van der Waals surface area contributed by atoms with Crippen LogP contribution in [-0.2, 0) is 14.3 Å². The molecule has 1 aliphatic rings. The van der Waals surface area contributed by atoms with Gasteiger partial charge in [0, 0.05) is 11.8 Å². The summed E-state index contributed by atoms with van der Waals surface area (Å²) in [6, 6.07) is 11.4. The summed E-state index contributed by atoms with van der Waals surface area (Å²) in [5, 5.41) is 5.56. The predicted octanol–water partition coefficient (Wildman–Crippen LogP) is 2.70. The highest BCUT2D eigenvalue weighted by atomic mass is 16.5. The summed E-state index contributed by atoms with van der Waals surface area (Å²) in [5.41, 5.74) is 1.45. The average Bonchev–Trinajstić information content (AvgIpc) is 3.55. The van der Waals surface area contributed by atoms with Crippen LogP contribution in [0, 0.1) is 11.8 Å². The molecule has 3 rings (SSSR count). The number of hydrogen-bond donors (Lipinski definition) is 2. The van der Waals surface area contributed by atoms with E-state index in [4.69, 9.17) is 9.47 Å². The molecule has 2 amide bonds. The quantitative estimate of drug-likeness (QED) is 0.695. The van der Waals surface area contributed by atoms with Crippen molar-refractivity contribution in [3.05, 3.63) is 48.0 Å². The zero-order valence-corrected chi connectivity index (χ0v) is 16.4. The number of carbonyl (C=O) groups excluding carboxylic acids is 3. The van der Waals surface area contributed by atoms with Crippen LogP contribution in [0.1, 0.15) is 16.8 Å². The molecular weight excluding hydrogens is 376 g/mol. The molecular formula is C21H22N2O6. The van der Waals surface area contributed by atoms with Crippen molar-refractivity contribution in [2.75, 3.05) is 32.0 Å². The molecule has 29 heavy (non-hydrogen) atoms. The van der Waals surface area contributed by atoms with Crippen LogP contribution in [-0.4, -0.2) is 39.1 Å². The van der Waals surface area contributed by atoms with E-state index in [1.807, 2.05) is 0 Å². The minimum atomic E-state index is -0.448. The van der Waals surface area contributed by atoms with Crippen LogP contribution in [0.25, 0.3) is 0 Å². The van der Waals surface area contributed by atoms with E-state index in [-0.39, 0.29) is 11.8 Å². The van der Waals surface area contributed by atoms with Gasteiger partial charge in [-0.15, -0.1) is 0 Å². The Kier molecular flexibility index (Phi) is 6.01. The van der Waals surface area contributed by atoms with Crippen molar-refractivity contribution in [3.8, 4) is 11.5 Å². The highest BCUT2D eigenvalue weighted by Crippen LogP contribution is 2.41. The van der Waals surface area contributed by atoms with Crippen LogP contribution in [0.4, 0.5) is 11.4 Å². The molecule has 0 spiro atoms. The van der Waals surface area contributed by atoms with Crippen molar-refractivity contribution in [1.82, 2.24) is 0 Å². The van der Waals surface area contributed by atoms with E-state index < -0.39 is 17.8 Å². The topological polar surface area (TPSA) is 103 Å². The SMILES string of the molecule is COC(=O)c1ccc(NC(=O)C2CC2C(=O)Nc2ccc(OC)cc2OC)cc1. The van der Waals surface area contributed by atoms with Crippen molar-refractivity contribution in [2.24, 2.45) is 11.8 Å². The molecule has 2 N–H and O–H groups in total. The van der Waals surface area contributed by atoms with Crippen LogP contribution in [0.15, 0.2) is 42.5 Å². The molecule has 8 heteroatoms. The van der Waals surface area contributed by atoms with Crippen LogP contribution >= 0.6 is 0 Å². The van der Waals surface area contributed by atoms with E-state index in [9.17, 15) is 14.4 Å². The third-order valence-electron chi connectivity index (χ3n) is 4.70. The van der Waals surface area contributed by atoms with Gasteiger partial charge in [-0.2, -0.15) is 0 Å². The highest BCUT2D eigenvalue weighted by Gasteiger charge is 2.48. The molecule has 8 nitrogen and oxygen atoms in total. The number of nitrogens with one attached hydrogen (secondary N) is 2. The van der Waals surface area contributed by atoms with Crippen molar-refractivity contribution >= 4 is 29.2 Å². The Bertz CT molecular complexity index is 925. The monoisotopic (exact) mass is 398 g/mol. The first kappa shape index (κ1) is 20.2. The van der Waals surface area contributed by atoms with E-state index in [2.05, 4.69) is 15.4 Å². The van der Waals surface area contributed by atoms with Gasteiger partial charge in [-0.05, 0) is 42.8 Å². The first-order valence-corrected chi connectivity index (χ1v) is 8.99. The lowest BCUT2D eigenvalue weighted by Crippen LogP contribution is -2.20. The second-order valence-corrected chi connectivity index (χ2v) is 6.56. The van der Waals surface area contributed by atoms with Gasteiger partial charge in [-0.3, -0.25) is 9.59 Å². The number of carbonyl (C=O) groups is 3. The predicted molar refractivity (Wildman–Crippen MR) is 106 cm³/mol. The number of anilines is 2. The molecule has 0 aromatic heterocycles. The maximum Gasteiger partial charge on any atom is 0.337 e. The van der Waals surface area contributed by atoms with Crippen LogP contribution < -0.4 is 20.1 Å². The molecule has 2 unspecified atom stereocenters. The molecule has 0 saturated heterocycles. The fraction of sp³-hybridized carbons (Fsp3) is 0.286. The molecule has 0 heterocycles. The maximum atomic E-state index is 12.5. The smallest absolute Gasteiger partial charge is 0.337 e. The van der Waals surface area contributed by atoms with Gasteiger partial charge in [0.1, 0.15) is 11.5 Å². The van der Waals surface area contributed by atoms with Gasteiger partial charge in [0.15, 0.2) is 0 Å². The standard InChI is InChI=1S/C21H22N2O6/c1-27-14-8-9-17(18(10-14)28-2)23-20(25)16-11-15(16)19(24)22-13-6-4-12(5-7-13)21(26)29-3/h4-10,15-16H,11H2,1-3H3,(H,22,24)(H,23,25). The lowest BCUT2D eigenvalue weighted by molar-refractivity contribution is -0.122. The van der Waals surface area contributed by atoms with Crippen molar-refractivity contribution in [1.29, 1.82) is 0 Å². The molecule has 1 saturated carbocycles. The Balaban J connectivity index is 1.57.